The van der Waals surface area contributed by atoms with Crippen LogP contribution in [0.25, 0.3) is 0 Å². The summed E-state index contributed by atoms with van der Waals surface area (Å²) in [5.41, 5.74) is 0. The Morgan fingerprint density at radius 1 is 0.625 bits per heavy atom. The van der Waals surface area contributed by atoms with E-state index in [4.69, 9.17) is 4.38 Å². The van der Waals surface area contributed by atoms with Crippen LogP contribution in [0.15, 0.2) is 0 Å². The molecule has 0 radical (unpaired) electrons. The van der Waals surface area contributed by atoms with Gasteiger partial charge in [0.15, 0.2) is 0 Å². The van der Waals surface area contributed by atoms with E-state index < -0.39 is 0 Å². The van der Waals surface area contributed by atoms with E-state index in [0.717, 1.165) is 0 Å². The van der Waals surface area contributed by atoms with Crippen molar-refractivity contribution in [3.8, 4) is 0 Å². The molecule has 62 valence electrons. The Kier molecular flexibility index (Phi) is 830. The zero-order valence-electron chi connectivity index (χ0n) is 3.33. The molecule has 8 heavy (non-hydrogen) atoms. The minimum atomic E-state index is 0. The van der Waals surface area contributed by atoms with Crippen molar-refractivity contribution in [3.63, 3.8) is 0 Å². The Bertz CT molecular complexity index is 6.49. The van der Waals surface area contributed by atoms with Gasteiger partial charge in [0, 0.05) is 85.3 Å². The molecule has 0 amide bonds. The summed E-state index contributed by atoms with van der Waals surface area (Å²) in [6, 6.07) is 0. The van der Waals surface area contributed by atoms with Crippen LogP contribution < -0.4 is 6.15 Å². The number of nitrogens with one attached hydrogen (secondary N) is 1. The van der Waals surface area contributed by atoms with E-state index in [0.29, 0.717) is 0 Å². The zero-order chi connectivity index (χ0) is 2.00. The van der Waals surface area contributed by atoms with Crippen molar-refractivity contribution < 1.29 is 101 Å². The molecule has 2 nitrogen and oxygen atoms in total. The van der Waals surface area contributed by atoms with Gasteiger partial charge in [-0.3, -0.25) is 0 Å². The van der Waals surface area contributed by atoms with Gasteiger partial charge in [-0.25, -0.2) is 0 Å². The zero-order valence-corrected chi connectivity index (χ0v) is 9.95. The van der Waals surface area contributed by atoms with Gasteiger partial charge in [0.1, 0.15) is 0 Å². The van der Waals surface area contributed by atoms with Crippen LogP contribution in [0.5, 0.6) is 0 Å². The second-order valence-electron chi connectivity index (χ2n) is 0. The van der Waals surface area contributed by atoms with Gasteiger partial charge in [0.05, 0.1) is 0 Å². The summed E-state index contributed by atoms with van der Waals surface area (Å²) < 4.78 is 5.50. The summed E-state index contributed by atoms with van der Waals surface area (Å²) in [5, 5.41) is 0. The summed E-state index contributed by atoms with van der Waals surface area (Å²) in [6.07, 6.45) is 0. The van der Waals surface area contributed by atoms with Gasteiger partial charge >= 0.3 is 20.2 Å². The third kappa shape index (κ3) is 66.5. The minimum absolute atomic E-state index is 0. The Labute approximate surface area is 110 Å². The Balaban J connectivity index is -0.000000000333. The van der Waals surface area contributed by atoms with Crippen molar-refractivity contribution in [2.45, 2.75) is 0 Å². The molecule has 0 aliphatic heterocycles. The molecule has 0 heterocycles. The summed E-state index contributed by atoms with van der Waals surface area (Å²) in [6.45, 7) is 0. The molecule has 0 aliphatic rings. The maximum absolute atomic E-state index is 5.50. The average molecular weight is 367 g/mol. The van der Waals surface area contributed by atoms with E-state index in [9.17, 15) is 0 Å². The first-order valence-corrected chi connectivity index (χ1v) is 0.729. The third-order valence-electron chi connectivity index (χ3n) is 0. The van der Waals surface area contributed by atoms with Crippen LogP contribution in [0.4, 0.5) is 0 Å². The van der Waals surface area contributed by atoms with Crippen molar-refractivity contribution in [1.29, 1.82) is 4.38 Å². The van der Waals surface area contributed by atoms with Crippen molar-refractivity contribution >= 4 is 0 Å². The predicted molar refractivity (Wildman–Crippen MR) is 7.74 cm³/mol. The number of hydrogen-bond acceptors (Lipinski definition) is 2. The van der Waals surface area contributed by atoms with Crippen LogP contribution in [0.1, 0.15) is 0 Å². The van der Waals surface area contributed by atoms with Crippen molar-refractivity contribution in [3.05, 3.63) is 0 Å². The van der Waals surface area contributed by atoms with Gasteiger partial charge in [-0.2, -0.15) is 0 Å². The van der Waals surface area contributed by atoms with Crippen LogP contribution in [-0.4, -0.2) is 0 Å². The molecule has 0 saturated heterocycles. The van der Waals surface area contributed by atoms with Crippen LogP contribution >= 0.6 is 0 Å². The first kappa shape index (κ1) is 70.6. The second kappa shape index (κ2) is 94.0. The fourth-order valence-corrected chi connectivity index (χ4v) is 0. The standard InChI is InChI=1S/6Fe.H3N.HN/h;;;;;;1H3;1H. The molecule has 0 atom stereocenters. The Hall–Kier alpha value is 2.88. The van der Waals surface area contributed by atoms with E-state index in [2.05, 4.69) is 15.8 Å². The number of hydrogen-bond donors (Lipinski definition) is 2. The molecule has 0 saturated carbocycles. The van der Waals surface area contributed by atoms with Gasteiger partial charge in [-0.15, -0.1) is 0 Å². The molecule has 8 heteroatoms. The van der Waals surface area contributed by atoms with E-state index in [1.807, 2.05) is 0 Å². The molecular formula is H4Fe6N2. The molecule has 0 rings (SSSR count). The van der Waals surface area contributed by atoms with Gasteiger partial charge < -0.3 is 6.15 Å². The van der Waals surface area contributed by atoms with Crippen LogP contribution in [0.2, 0.25) is 0 Å². The first-order chi connectivity index (χ1) is 1.00. The van der Waals surface area contributed by atoms with Gasteiger partial charge in [0.25, 0.3) is 0 Å². The van der Waals surface area contributed by atoms with E-state index >= 15 is 0 Å². The van der Waals surface area contributed by atoms with Gasteiger partial charge in [0.2, 0.25) is 0 Å². The molecule has 0 spiro atoms. The molecule has 0 aromatic carbocycles. The molecule has 0 aliphatic carbocycles. The molecule has 0 unspecified atom stereocenters. The van der Waals surface area contributed by atoms with Gasteiger partial charge in [-0.05, 0) is 0 Å². The van der Waals surface area contributed by atoms with Crippen molar-refractivity contribution in [1.82, 2.24) is 6.15 Å². The fraction of sp³-hybridized carbons (Fsp3) is 0. The van der Waals surface area contributed by atoms with E-state index in [1.165, 1.54) is 0 Å². The topological polar surface area (TPSA) is 58.9 Å². The van der Waals surface area contributed by atoms with Crippen molar-refractivity contribution in [2.24, 2.45) is 0 Å². The van der Waals surface area contributed by atoms with Crippen LogP contribution in [-0.2, 0) is 101 Å². The maximum atomic E-state index is 5.50. The summed E-state index contributed by atoms with van der Waals surface area (Å²) in [4.78, 5) is 0. The molecule has 0 bridgehead atoms. The quantitative estimate of drug-likeness (QED) is 0.600. The predicted octanol–water partition coefficient (Wildman–Crippen LogP) is 0.445. The number of rotatable bonds is 0. The van der Waals surface area contributed by atoms with Crippen molar-refractivity contribution in [2.75, 3.05) is 0 Å². The van der Waals surface area contributed by atoms with Crippen LogP contribution in [0.3, 0.4) is 0 Å². The summed E-state index contributed by atoms with van der Waals surface area (Å²) in [7, 11) is 0. The second-order valence-corrected chi connectivity index (χ2v) is 0. The van der Waals surface area contributed by atoms with Crippen LogP contribution in [0, 0.1) is 4.38 Å². The monoisotopic (exact) mass is 368 g/mol. The summed E-state index contributed by atoms with van der Waals surface area (Å²) in [5.74, 6) is 0. The fourth-order valence-electron chi connectivity index (χ4n) is 0. The molecule has 0 aromatic heterocycles. The normalized spacial score (nSPS) is 0.625. The SMILES string of the molecule is N.[Fe].[Fe].[Fe].[Fe].[Fe].[NH]=[Fe]. The first-order valence-electron chi connectivity index (χ1n) is 0.177. The Morgan fingerprint density at radius 2 is 0.625 bits per heavy atom. The Morgan fingerprint density at radius 3 is 0.625 bits per heavy atom. The molecular weight excluding hydrogens is 363 g/mol. The molecule has 0 aromatic rings. The van der Waals surface area contributed by atoms with E-state index in [-0.39, 0.29) is 91.5 Å². The molecule has 4 N–H and O–H groups in total. The van der Waals surface area contributed by atoms with Gasteiger partial charge in [-0.1, -0.05) is 0 Å². The third-order valence-corrected chi connectivity index (χ3v) is 0. The molecule has 0 fully saturated rings. The van der Waals surface area contributed by atoms with E-state index in [1.54, 1.807) is 0 Å². The summed E-state index contributed by atoms with van der Waals surface area (Å²) >= 11 is 2.50. The average Bonchev–Trinajstić information content (AvgIpc) is 1.00.